The molecule has 0 radical (unpaired) electrons. The largest absolute Gasteiger partial charge is 0.396 e. The number of benzene rings is 1. The van der Waals surface area contributed by atoms with Gasteiger partial charge in [0.25, 0.3) is 0 Å². The van der Waals surface area contributed by atoms with Crippen molar-refractivity contribution in [2.75, 3.05) is 34.5 Å². The van der Waals surface area contributed by atoms with Gasteiger partial charge < -0.3 is 10.0 Å². The lowest BCUT2D eigenvalue weighted by Crippen LogP contribution is -2.42. The van der Waals surface area contributed by atoms with E-state index < -0.39 is 9.84 Å². The summed E-state index contributed by atoms with van der Waals surface area (Å²) in [5.41, 5.74) is 0.731. The molecule has 1 aromatic rings. The SMILES string of the molecule is O=C(CSCCO)N(c1ccccc1)[C@@H]1CCS(=O)(=O)C1. The molecular formula is C14H19NO4S2. The van der Waals surface area contributed by atoms with E-state index >= 15 is 0 Å². The van der Waals surface area contributed by atoms with Crippen LogP contribution in [0.25, 0.3) is 0 Å². The molecular weight excluding hydrogens is 310 g/mol. The van der Waals surface area contributed by atoms with Gasteiger partial charge >= 0.3 is 0 Å². The number of rotatable bonds is 6. The Balaban J connectivity index is 2.17. The zero-order valence-corrected chi connectivity index (χ0v) is 13.3. The Kier molecular flexibility index (Phi) is 5.66. The van der Waals surface area contributed by atoms with E-state index in [9.17, 15) is 13.2 Å². The Hall–Kier alpha value is -1.05. The van der Waals surface area contributed by atoms with Crippen molar-refractivity contribution in [1.82, 2.24) is 0 Å². The molecule has 1 amide bonds. The van der Waals surface area contributed by atoms with Crippen molar-refractivity contribution in [2.45, 2.75) is 12.5 Å². The summed E-state index contributed by atoms with van der Waals surface area (Å²) in [6, 6.07) is 8.87. The third kappa shape index (κ3) is 4.46. The van der Waals surface area contributed by atoms with Gasteiger partial charge in [0, 0.05) is 11.4 Å². The molecule has 0 saturated carbocycles. The average molecular weight is 329 g/mol. The van der Waals surface area contributed by atoms with E-state index in [1.54, 1.807) is 4.90 Å². The molecule has 2 rings (SSSR count). The van der Waals surface area contributed by atoms with E-state index in [0.717, 1.165) is 5.69 Å². The van der Waals surface area contributed by atoms with Crippen LogP contribution in [-0.4, -0.2) is 55.1 Å². The Morgan fingerprint density at radius 2 is 2.05 bits per heavy atom. The fraction of sp³-hybridized carbons (Fsp3) is 0.500. The van der Waals surface area contributed by atoms with Gasteiger partial charge in [0.05, 0.1) is 29.9 Å². The second kappa shape index (κ2) is 7.29. The summed E-state index contributed by atoms with van der Waals surface area (Å²) in [5, 5.41) is 8.79. The highest BCUT2D eigenvalue weighted by Gasteiger charge is 2.35. The monoisotopic (exact) mass is 329 g/mol. The molecule has 1 N–H and O–H groups in total. The highest BCUT2D eigenvalue weighted by Crippen LogP contribution is 2.25. The van der Waals surface area contributed by atoms with E-state index in [-0.39, 0.29) is 35.8 Å². The molecule has 0 spiro atoms. The highest BCUT2D eigenvalue weighted by atomic mass is 32.2. The third-order valence-electron chi connectivity index (χ3n) is 3.34. The van der Waals surface area contributed by atoms with Crippen LogP contribution in [0.1, 0.15) is 6.42 Å². The molecule has 0 aliphatic carbocycles. The van der Waals surface area contributed by atoms with Crippen LogP contribution in [0.4, 0.5) is 5.69 Å². The van der Waals surface area contributed by atoms with Crippen molar-refractivity contribution >= 4 is 33.2 Å². The number of nitrogens with zero attached hydrogens (tertiary/aromatic N) is 1. The van der Waals surface area contributed by atoms with Crippen molar-refractivity contribution in [3.05, 3.63) is 30.3 Å². The van der Waals surface area contributed by atoms with Crippen LogP contribution >= 0.6 is 11.8 Å². The molecule has 1 heterocycles. The molecule has 1 aliphatic heterocycles. The van der Waals surface area contributed by atoms with E-state index in [0.29, 0.717) is 12.2 Å². The second-order valence-electron chi connectivity index (χ2n) is 4.93. The molecule has 0 bridgehead atoms. The van der Waals surface area contributed by atoms with E-state index in [4.69, 9.17) is 5.11 Å². The number of sulfone groups is 1. The maximum atomic E-state index is 12.4. The van der Waals surface area contributed by atoms with Crippen LogP contribution in [0.15, 0.2) is 30.3 Å². The van der Waals surface area contributed by atoms with Gasteiger partial charge in [0.1, 0.15) is 0 Å². The fourth-order valence-corrected chi connectivity index (χ4v) is 4.71. The van der Waals surface area contributed by atoms with Crippen LogP contribution in [0.2, 0.25) is 0 Å². The number of aliphatic hydroxyl groups excluding tert-OH is 1. The lowest BCUT2D eigenvalue weighted by Gasteiger charge is -2.28. The van der Waals surface area contributed by atoms with Gasteiger partial charge in [-0.05, 0) is 18.6 Å². The molecule has 116 valence electrons. The maximum Gasteiger partial charge on any atom is 0.237 e. The molecule has 7 heteroatoms. The number of hydrogen-bond donors (Lipinski definition) is 1. The first-order valence-corrected chi connectivity index (χ1v) is 9.77. The zero-order valence-electron chi connectivity index (χ0n) is 11.6. The average Bonchev–Trinajstić information content (AvgIpc) is 2.80. The molecule has 1 aliphatic rings. The van der Waals surface area contributed by atoms with Crippen LogP contribution in [0.5, 0.6) is 0 Å². The predicted octanol–water partition coefficient (Wildman–Crippen LogP) is 0.932. The quantitative estimate of drug-likeness (QED) is 0.786. The van der Waals surface area contributed by atoms with Gasteiger partial charge in [-0.1, -0.05) is 18.2 Å². The molecule has 1 atom stereocenters. The number of thioether (sulfide) groups is 1. The summed E-state index contributed by atoms with van der Waals surface area (Å²) >= 11 is 1.35. The molecule has 0 unspecified atom stereocenters. The minimum Gasteiger partial charge on any atom is -0.396 e. The van der Waals surface area contributed by atoms with Crippen LogP contribution < -0.4 is 4.90 Å². The zero-order chi connectivity index (χ0) is 15.3. The van der Waals surface area contributed by atoms with Crippen LogP contribution in [0, 0.1) is 0 Å². The Labute approximate surface area is 129 Å². The minimum absolute atomic E-state index is 0.0261. The first kappa shape index (κ1) is 16.3. The van der Waals surface area contributed by atoms with Crippen molar-refractivity contribution in [2.24, 2.45) is 0 Å². The smallest absolute Gasteiger partial charge is 0.237 e. The highest BCUT2D eigenvalue weighted by molar-refractivity contribution is 7.99. The van der Waals surface area contributed by atoms with Crippen LogP contribution in [0.3, 0.4) is 0 Å². The van der Waals surface area contributed by atoms with Crippen molar-refractivity contribution in [3.8, 4) is 0 Å². The van der Waals surface area contributed by atoms with Crippen molar-refractivity contribution < 1.29 is 18.3 Å². The molecule has 1 fully saturated rings. The minimum atomic E-state index is -3.05. The van der Waals surface area contributed by atoms with Gasteiger partial charge in [0.15, 0.2) is 9.84 Å². The maximum absolute atomic E-state index is 12.4. The summed E-state index contributed by atoms with van der Waals surface area (Å²) < 4.78 is 23.4. The summed E-state index contributed by atoms with van der Waals surface area (Å²) in [5.74, 6) is 0.793. The normalized spacial score (nSPS) is 20.3. The first-order chi connectivity index (χ1) is 10.0. The standard InChI is InChI=1S/C14H19NO4S2/c16-7-8-20-10-14(17)15(12-4-2-1-3-5-12)13-6-9-21(18,19)11-13/h1-5,13,16H,6-11H2/t13-/m1/s1. The molecule has 0 aromatic heterocycles. The van der Waals surface area contributed by atoms with Gasteiger partial charge in [-0.25, -0.2) is 8.42 Å². The Bertz CT molecular complexity index is 574. The number of aliphatic hydroxyl groups is 1. The summed E-state index contributed by atoms with van der Waals surface area (Å²) in [6.45, 7) is 0.0289. The van der Waals surface area contributed by atoms with Crippen molar-refractivity contribution in [3.63, 3.8) is 0 Å². The van der Waals surface area contributed by atoms with Gasteiger partial charge in [0.2, 0.25) is 5.91 Å². The fourth-order valence-electron chi connectivity index (χ4n) is 2.42. The van der Waals surface area contributed by atoms with Gasteiger partial charge in [-0.2, -0.15) is 0 Å². The topological polar surface area (TPSA) is 74.7 Å². The number of carbonyl (C=O) groups is 1. The molecule has 21 heavy (non-hydrogen) atoms. The van der Waals surface area contributed by atoms with E-state index in [1.165, 1.54) is 11.8 Å². The molecule has 1 saturated heterocycles. The van der Waals surface area contributed by atoms with Crippen molar-refractivity contribution in [1.29, 1.82) is 0 Å². The van der Waals surface area contributed by atoms with Gasteiger partial charge in [-0.15, -0.1) is 11.8 Å². The molecule has 1 aromatic carbocycles. The number of anilines is 1. The number of hydrogen-bond acceptors (Lipinski definition) is 5. The first-order valence-electron chi connectivity index (χ1n) is 6.79. The lowest BCUT2D eigenvalue weighted by molar-refractivity contribution is -0.116. The second-order valence-corrected chi connectivity index (χ2v) is 8.27. The molecule has 5 nitrogen and oxygen atoms in total. The Morgan fingerprint density at radius 1 is 1.33 bits per heavy atom. The number of carbonyl (C=O) groups excluding carboxylic acids is 1. The van der Waals surface area contributed by atoms with E-state index in [2.05, 4.69) is 0 Å². The Morgan fingerprint density at radius 3 is 2.62 bits per heavy atom. The summed E-state index contributed by atoms with van der Waals surface area (Å²) in [4.78, 5) is 14.1. The number of amides is 1. The van der Waals surface area contributed by atoms with Gasteiger partial charge in [-0.3, -0.25) is 4.79 Å². The summed E-state index contributed by atoms with van der Waals surface area (Å²) in [6.07, 6.45) is 0.480. The predicted molar refractivity (Wildman–Crippen MR) is 85.4 cm³/mol. The van der Waals surface area contributed by atoms with E-state index in [1.807, 2.05) is 30.3 Å². The van der Waals surface area contributed by atoms with Crippen LogP contribution in [-0.2, 0) is 14.6 Å². The lowest BCUT2D eigenvalue weighted by atomic mass is 10.2. The number of para-hydroxylation sites is 1. The summed E-state index contributed by atoms with van der Waals surface area (Å²) in [7, 11) is -3.05. The third-order valence-corrected chi connectivity index (χ3v) is 6.01.